The zero-order valence-corrected chi connectivity index (χ0v) is 18.1. The second-order valence-corrected chi connectivity index (χ2v) is 8.11. The van der Waals surface area contributed by atoms with E-state index in [0.717, 1.165) is 26.2 Å². The summed E-state index contributed by atoms with van der Waals surface area (Å²) in [6, 6.07) is 4.90. The number of rotatable bonds is 4. The summed E-state index contributed by atoms with van der Waals surface area (Å²) in [7, 11) is 1.06. The van der Waals surface area contributed by atoms with Crippen molar-refractivity contribution in [2.75, 3.05) is 12.4 Å². The van der Waals surface area contributed by atoms with Crippen LogP contribution in [0.2, 0.25) is 0 Å². The van der Waals surface area contributed by atoms with Crippen molar-refractivity contribution in [1.29, 1.82) is 0 Å². The van der Waals surface area contributed by atoms with Crippen LogP contribution >= 0.6 is 15.9 Å². The van der Waals surface area contributed by atoms with Gasteiger partial charge in [0.1, 0.15) is 10.7 Å². The van der Waals surface area contributed by atoms with Gasteiger partial charge >= 0.3 is 6.18 Å². The Morgan fingerprint density at radius 2 is 1.94 bits per heavy atom. The molecule has 1 aliphatic heterocycles. The molecule has 0 radical (unpaired) electrons. The Kier molecular flexibility index (Phi) is 6.30. The lowest BCUT2D eigenvalue weighted by molar-refractivity contribution is -0.272. The Balaban J connectivity index is 2.07. The maximum Gasteiger partial charge on any atom is 0.417 e. The van der Waals surface area contributed by atoms with E-state index in [1.54, 1.807) is 0 Å². The largest absolute Gasteiger partial charge is 0.493 e. The Morgan fingerprint density at radius 3 is 2.48 bits per heavy atom. The third kappa shape index (κ3) is 4.12. The van der Waals surface area contributed by atoms with E-state index in [9.17, 15) is 26.7 Å². The van der Waals surface area contributed by atoms with Crippen molar-refractivity contribution in [1.82, 2.24) is 4.98 Å². The zero-order valence-electron chi connectivity index (χ0n) is 16.6. The number of ether oxygens (including phenoxy) is 2. The summed E-state index contributed by atoms with van der Waals surface area (Å²) < 4.78 is 80.3. The van der Waals surface area contributed by atoms with E-state index in [0.29, 0.717) is 4.60 Å². The number of hydrogen-bond acceptors (Lipinski definition) is 4. The summed E-state index contributed by atoms with van der Waals surface area (Å²) in [6.45, 7) is 2.07. The van der Waals surface area contributed by atoms with E-state index in [1.165, 1.54) is 25.3 Å². The number of nitrogens with zero attached hydrogens (tertiary/aromatic N) is 1. The van der Waals surface area contributed by atoms with Crippen LogP contribution in [0.5, 0.6) is 5.75 Å². The van der Waals surface area contributed by atoms with Crippen molar-refractivity contribution in [3.8, 4) is 5.75 Å². The van der Waals surface area contributed by atoms with Gasteiger partial charge in [0, 0.05) is 17.4 Å². The van der Waals surface area contributed by atoms with Gasteiger partial charge in [0.15, 0.2) is 17.2 Å². The number of carbonyl (C=O) groups is 1. The molecule has 1 saturated heterocycles. The van der Waals surface area contributed by atoms with Crippen LogP contribution in [0.15, 0.2) is 35.1 Å². The lowest BCUT2D eigenvalue weighted by atomic mass is 9.77. The van der Waals surface area contributed by atoms with E-state index in [1.807, 2.05) is 0 Å². The van der Waals surface area contributed by atoms with Crippen LogP contribution < -0.4 is 10.1 Å². The second kappa shape index (κ2) is 8.34. The molecule has 3 rings (SSSR count). The molecule has 2 heterocycles. The SMILES string of the molecule is COc1c([C@H]2[C@H](C(=O)Nc3ccc(Br)nc3)O[C@@](C)(C(F)(F)F)[C@H]2C)ccc(F)c1F. The van der Waals surface area contributed by atoms with Crippen molar-refractivity contribution in [3.05, 3.63) is 52.3 Å². The van der Waals surface area contributed by atoms with Gasteiger partial charge in [-0.05, 0) is 41.1 Å². The van der Waals surface area contributed by atoms with Gasteiger partial charge in [0.2, 0.25) is 5.82 Å². The molecule has 1 aromatic carbocycles. The molecule has 0 unspecified atom stereocenters. The van der Waals surface area contributed by atoms with Crippen LogP contribution in [0.4, 0.5) is 27.6 Å². The van der Waals surface area contributed by atoms with Gasteiger partial charge in [0.05, 0.1) is 19.0 Å². The fraction of sp³-hybridized carbons (Fsp3) is 0.400. The third-order valence-electron chi connectivity index (χ3n) is 5.57. The van der Waals surface area contributed by atoms with Gasteiger partial charge in [0.25, 0.3) is 5.91 Å². The standard InChI is InChI=1S/C20H18BrF5N2O3/c1-9-14(11-5-6-12(22)15(23)16(11)30-3)17(31-19(9,2)20(24,25)26)18(29)28-10-4-7-13(21)27-8-10/h4-9,14,17H,1-3H3,(H,28,29)/t9-,14-,17+,19+/m0/s1. The van der Waals surface area contributed by atoms with Crippen LogP contribution in [0.25, 0.3) is 0 Å². The molecule has 0 bridgehead atoms. The maximum absolute atomic E-state index is 14.3. The van der Waals surface area contributed by atoms with Crippen LogP contribution in [0, 0.1) is 17.6 Å². The molecule has 1 aromatic heterocycles. The second-order valence-electron chi connectivity index (χ2n) is 7.30. The van der Waals surface area contributed by atoms with E-state index in [-0.39, 0.29) is 11.3 Å². The van der Waals surface area contributed by atoms with Gasteiger partial charge in [-0.3, -0.25) is 4.79 Å². The molecule has 1 amide bonds. The number of methoxy groups -OCH3 is 1. The monoisotopic (exact) mass is 508 g/mol. The number of pyridine rings is 1. The third-order valence-corrected chi connectivity index (χ3v) is 6.03. The number of amides is 1. The summed E-state index contributed by atoms with van der Waals surface area (Å²) in [5.74, 6) is -6.65. The van der Waals surface area contributed by atoms with Crippen LogP contribution in [-0.2, 0) is 9.53 Å². The van der Waals surface area contributed by atoms with E-state index in [4.69, 9.17) is 9.47 Å². The minimum absolute atomic E-state index is 0.101. The molecule has 1 fully saturated rings. The number of hydrogen-bond donors (Lipinski definition) is 1. The maximum atomic E-state index is 14.3. The molecule has 0 spiro atoms. The average Bonchev–Trinajstić information content (AvgIpc) is 2.98. The minimum Gasteiger partial charge on any atom is -0.493 e. The fourth-order valence-corrected chi connectivity index (χ4v) is 3.94. The number of aromatic nitrogens is 1. The first-order chi connectivity index (χ1) is 14.4. The molecule has 1 aliphatic rings. The smallest absolute Gasteiger partial charge is 0.417 e. The van der Waals surface area contributed by atoms with Crippen LogP contribution in [0.1, 0.15) is 25.3 Å². The molecule has 11 heteroatoms. The topological polar surface area (TPSA) is 60.5 Å². The minimum atomic E-state index is -4.83. The first-order valence-corrected chi connectivity index (χ1v) is 9.89. The van der Waals surface area contributed by atoms with Crippen LogP contribution in [-0.4, -0.2) is 35.9 Å². The summed E-state index contributed by atoms with van der Waals surface area (Å²) in [4.78, 5) is 16.9. The highest BCUT2D eigenvalue weighted by molar-refractivity contribution is 9.10. The summed E-state index contributed by atoms with van der Waals surface area (Å²) in [6.07, 6.45) is -5.19. The molecular formula is C20H18BrF5N2O3. The van der Waals surface area contributed by atoms with Crippen molar-refractivity contribution >= 4 is 27.5 Å². The van der Waals surface area contributed by atoms with Crippen molar-refractivity contribution in [2.24, 2.45) is 5.92 Å². The number of carbonyl (C=O) groups excluding carboxylic acids is 1. The number of alkyl halides is 3. The Morgan fingerprint density at radius 1 is 1.26 bits per heavy atom. The highest BCUT2D eigenvalue weighted by Gasteiger charge is 2.65. The normalized spacial score (nSPS) is 26.0. The Bertz CT molecular complexity index is 986. The average molecular weight is 509 g/mol. The zero-order chi connectivity index (χ0) is 23.1. The molecule has 0 saturated carbocycles. The molecule has 0 aliphatic carbocycles. The van der Waals surface area contributed by atoms with Gasteiger partial charge in [-0.1, -0.05) is 13.0 Å². The Labute approximate surface area is 183 Å². The molecular weight excluding hydrogens is 491 g/mol. The molecule has 1 N–H and O–H groups in total. The molecule has 4 atom stereocenters. The first-order valence-electron chi connectivity index (χ1n) is 9.09. The van der Waals surface area contributed by atoms with E-state index in [2.05, 4.69) is 26.2 Å². The highest BCUT2D eigenvalue weighted by Crippen LogP contribution is 2.54. The number of benzene rings is 1. The summed E-state index contributed by atoms with van der Waals surface area (Å²) >= 11 is 3.14. The first kappa shape index (κ1) is 23.4. The predicted molar refractivity (Wildman–Crippen MR) is 105 cm³/mol. The van der Waals surface area contributed by atoms with Crippen molar-refractivity contribution in [3.63, 3.8) is 0 Å². The lowest BCUT2D eigenvalue weighted by Gasteiger charge is -2.32. The number of halogens is 6. The summed E-state index contributed by atoms with van der Waals surface area (Å²) in [5.41, 5.74) is -2.59. The molecule has 2 aromatic rings. The Hall–Kier alpha value is -2.27. The number of anilines is 1. The van der Waals surface area contributed by atoms with Gasteiger partial charge < -0.3 is 14.8 Å². The molecule has 31 heavy (non-hydrogen) atoms. The summed E-state index contributed by atoms with van der Waals surface area (Å²) in [5, 5.41) is 2.46. The molecule has 168 valence electrons. The van der Waals surface area contributed by atoms with Gasteiger partial charge in [-0.15, -0.1) is 0 Å². The van der Waals surface area contributed by atoms with Gasteiger partial charge in [-0.25, -0.2) is 9.37 Å². The fourth-order valence-electron chi connectivity index (χ4n) is 3.70. The van der Waals surface area contributed by atoms with Gasteiger partial charge in [-0.2, -0.15) is 17.6 Å². The quantitative estimate of drug-likeness (QED) is 0.455. The van der Waals surface area contributed by atoms with Crippen LogP contribution in [0.3, 0.4) is 0 Å². The van der Waals surface area contributed by atoms with E-state index < -0.39 is 53.0 Å². The van der Waals surface area contributed by atoms with E-state index >= 15 is 0 Å². The van der Waals surface area contributed by atoms with Crippen molar-refractivity contribution < 1.29 is 36.2 Å². The lowest BCUT2D eigenvalue weighted by Crippen LogP contribution is -2.47. The molecule has 5 nitrogen and oxygen atoms in total. The van der Waals surface area contributed by atoms with Crippen molar-refractivity contribution in [2.45, 2.75) is 37.6 Å². The number of nitrogens with one attached hydrogen (secondary N) is 1. The highest BCUT2D eigenvalue weighted by atomic mass is 79.9. The predicted octanol–water partition coefficient (Wildman–Crippen LogP) is 5.21.